The fourth-order valence-corrected chi connectivity index (χ4v) is 3.82. The summed E-state index contributed by atoms with van der Waals surface area (Å²) in [5, 5.41) is 3.72. The average molecular weight is 268 g/mol. The van der Waals surface area contributed by atoms with Crippen LogP contribution in [0.15, 0.2) is 0 Å². The molecule has 1 aliphatic carbocycles. The lowest BCUT2D eigenvalue weighted by Gasteiger charge is -2.45. The van der Waals surface area contributed by atoms with Gasteiger partial charge in [0.1, 0.15) is 0 Å². The zero-order valence-electron chi connectivity index (χ0n) is 13.9. The summed E-state index contributed by atoms with van der Waals surface area (Å²) >= 11 is 0. The van der Waals surface area contributed by atoms with Crippen LogP contribution in [0, 0.1) is 17.3 Å². The van der Waals surface area contributed by atoms with Gasteiger partial charge in [0, 0.05) is 6.54 Å². The Bertz CT molecular complexity index is 216. The maximum absolute atomic E-state index is 3.72. The Balaban J connectivity index is 2.48. The van der Waals surface area contributed by atoms with Crippen LogP contribution in [0.1, 0.15) is 85.5 Å². The molecule has 0 heterocycles. The average Bonchev–Trinajstić information content (AvgIpc) is 2.46. The zero-order valence-corrected chi connectivity index (χ0v) is 13.9. The van der Waals surface area contributed by atoms with E-state index in [-0.39, 0.29) is 0 Å². The van der Waals surface area contributed by atoms with Gasteiger partial charge in [0.05, 0.1) is 0 Å². The van der Waals surface area contributed by atoms with Crippen LogP contribution in [0.5, 0.6) is 0 Å². The van der Waals surface area contributed by atoms with E-state index in [9.17, 15) is 0 Å². The predicted molar refractivity (Wildman–Crippen MR) is 86.5 cm³/mol. The van der Waals surface area contributed by atoms with Gasteiger partial charge in [-0.1, -0.05) is 53.4 Å². The highest BCUT2D eigenvalue weighted by Gasteiger charge is 2.38. The van der Waals surface area contributed by atoms with Gasteiger partial charge in [-0.3, -0.25) is 0 Å². The molecular formula is C18H37N. The lowest BCUT2D eigenvalue weighted by molar-refractivity contribution is 0.0749. The molecule has 0 aromatic rings. The van der Waals surface area contributed by atoms with Crippen LogP contribution in [0.4, 0.5) is 0 Å². The molecule has 0 saturated heterocycles. The highest BCUT2D eigenvalue weighted by molar-refractivity contribution is 4.90. The van der Waals surface area contributed by atoms with E-state index in [1.165, 1.54) is 70.9 Å². The van der Waals surface area contributed by atoms with Crippen molar-refractivity contribution in [3.63, 3.8) is 0 Å². The fourth-order valence-electron chi connectivity index (χ4n) is 3.82. The van der Waals surface area contributed by atoms with Gasteiger partial charge in [-0.05, 0) is 55.9 Å². The minimum atomic E-state index is 0.604. The van der Waals surface area contributed by atoms with E-state index < -0.39 is 0 Å². The molecule has 0 aromatic heterocycles. The van der Waals surface area contributed by atoms with Crippen molar-refractivity contribution in [2.24, 2.45) is 17.3 Å². The Morgan fingerprint density at radius 3 is 2.32 bits per heavy atom. The van der Waals surface area contributed by atoms with Crippen molar-refractivity contribution in [3.8, 4) is 0 Å². The van der Waals surface area contributed by atoms with E-state index in [1.807, 2.05) is 0 Å². The largest absolute Gasteiger partial charge is 0.316 e. The molecule has 1 unspecified atom stereocenters. The van der Waals surface area contributed by atoms with Crippen LogP contribution < -0.4 is 5.32 Å². The Morgan fingerprint density at radius 1 is 1.11 bits per heavy atom. The topological polar surface area (TPSA) is 12.0 Å². The molecule has 0 spiro atoms. The van der Waals surface area contributed by atoms with E-state index in [1.54, 1.807) is 0 Å². The highest BCUT2D eigenvalue weighted by atomic mass is 14.9. The molecule has 1 aliphatic rings. The third kappa shape index (κ3) is 5.10. The van der Waals surface area contributed by atoms with Crippen LogP contribution in [-0.2, 0) is 0 Å². The number of hydrogen-bond acceptors (Lipinski definition) is 1. The SMILES string of the molecule is CCCCC1CCC(CNCCC)(C(C)CC)CC1. The Kier molecular flexibility index (Phi) is 8.06. The molecule has 0 aromatic carbocycles. The maximum Gasteiger partial charge on any atom is 0.00104 e. The normalized spacial score (nSPS) is 29.4. The number of rotatable bonds is 9. The number of unbranched alkanes of at least 4 members (excludes halogenated alkanes) is 1. The first-order valence-corrected chi connectivity index (χ1v) is 8.89. The molecule has 1 rings (SSSR count). The third-order valence-corrected chi connectivity index (χ3v) is 5.63. The predicted octanol–water partition coefficient (Wildman–Crippen LogP) is 5.40. The zero-order chi connectivity index (χ0) is 14.1. The van der Waals surface area contributed by atoms with E-state index >= 15 is 0 Å². The summed E-state index contributed by atoms with van der Waals surface area (Å²) < 4.78 is 0. The molecule has 1 N–H and O–H groups in total. The van der Waals surface area contributed by atoms with Crippen LogP contribution >= 0.6 is 0 Å². The van der Waals surface area contributed by atoms with E-state index in [0.717, 1.165) is 11.8 Å². The Morgan fingerprint density at radius 2 is 1.79 bits per heavy atom. The smallest absolute Gasteiger partial charge is 0.00104 e. The lowest BCUT2D eigenvalue weighted by Crippen LogP contribution is -2.42. The molecule has 114 valence electrons. The van der Waals surface area contributed by atoms with Crippen molar-refractivity contribution < 1.29 is 0 Å². The minimum absolute atomic E-state index is 0.604. The van der Waals surface area contributed by atoms with Crippen LogP contribution in [-0.4, -0.2) is 13.1 Å². The molecule has 0 amide bonds. The van der Waals surface area contributed by atoms with Gasteiger partial charge in [-0.25, -0.2) is 0 Å². The molecule has 1 nitrogen and oxygen atoms in total. The van der Waals surface area contributed by atoms with Crippen molar-refractivity contribution in [1.82, 2.24) is 5.32 Å². The van der Waals surface area contributed by atoms with Crippen molar-refractivity contribution in [2.75, 3.05) is 13.1 Å². The lowest BCUT2D eigenvalue weighted by atomic mass is 9.62. The summed E-state index contributed by atoms with van der Waals surface area (Å²) in [5.74, 6) is 1.91. The first-order chi connectivity index (χ1) is 9.18. The molecule has 1 fully saturated rings. The number of hydrogen-bond donors (Lipinski definition) is 1. The molecule has 1 heteroatoms. The molecule has 19 heavy (non-hydrogen) atoms. The van der Waals surface area contributed by atoms with Crippen molar-refractivity contribution >= 4 is 0 Å². The standard InChI is InChI=1S/C18H37N/c1-5-8-9-17-10-12-18(13-11-17,16(4)7-3)15-19-14-6-2/h16-17,19H,5-15H2,1-4H3. The molecule has 1 saturated carbocycles. The monoisotopic (exact) mass is 267 g/mol. The van der Waals surface area contributed by atoms with Gasteiger partial charge >= 0.3 is 0 Å². The van der Waals surface area contributed by atoms with E-state index in [4.69, 9.17) is 0 Å². The number of nitrogens with one attached hydrogen (secondary N) is 1. The third-order valence-electron chi connectivity index (χ3n) is 5.63. The molecular weight excluding hydrogens is 230 g/mol. The Labute approximate surface area is 121 Å². The quantitative estimate of drug-likeness (QED) is 0.552. The Hall–Kier alpha value is -0.0400. The second kappa shape index (κ2) is 9.00. The summed E-state index contributed by atoms with van der Waals surface area (Å²) in [4.78, 5) is 0. The van der Waals surface area contributed by atoms with Crippen molar-refractivity contribution in [2.45, 2.75) is 85.5 Å². The van der Waals surface area contributed by atoms with E-state index in [0.29, 0.717) is 5.41 Å². The molecule has 1 atom stereocenters. The first kappa shape index (κ1) is 17.0. The molecule has 0 aliphatic heterocycles. The van der Waals surface area contributed by atoms with Crippen molar-refractivity contribution in [3.05, 3.63) is 0 Å². The summed E-state index contributed by atoms with van der Waals surface area (Å²) in [6, 6.07) is 0. The van der Waals surface area contributed by atoms with Gasteiger partial charge in [-0.2, -0.15) is 0 Å². The van der Waals surface area contributed by atoms with Gasteiger partial charge < -0.3 is 5.32 Å². The molecule has 0 radical (unpaired) electrons. The van der Waals surface area contributed by atoms with Crippen LogP contribution in [0.3, 0.4) is 0 Å². The summed E-state index contributed by atoms with van der Waals surface area (Å²) in [7, 11) is 0. The van der Waals surface area contributed by atoms with E-state index in [2.05, 4.69) is 33.0 Å². The summed E-state index contributed by atoms with van der Waals surface area (Å²) in [5.41, 5.74) is 0.604. The fraction of sp³-hybridized carbons (Fsp3) is 1.00. The second-order valence-electron chi connectivity index (χ2n) is 6.93. The summed E-state index contributed by atoms with van der Waals surface area (Å²) in [6.07, 6.45) is 12.8. The van der Waals surface area contributed by atoms with Gasteiger partial charge in [0.2, 0.25) is 0 Å². The summed E-state index contributed by atoms with van der Waals surface area (Å²) in [6.45, 7) is 11.9. The first-order valence-electron chi connectivity index (χ1n) is 8.89. The maximum atomic E-state index is 3.72. The highest BCUT2D eigenvalue weighted by Crippen LogP contribution is 2.46. The van der Waals surface area contributed by atoms with Crippen LogP contribution in [0.2, 0.25) is 0 Å². The molecule has 0 bridgehead atoms. The van der Waals surface area contributed by atoms with Crippen molar-refractivity contribution in [1.29, 1.82) is 0 Å². The second-order valence-corrected chi connectivity index (χ2v) is 6.93. The van der Waals surface area contributed by atoms with Gasteiger partial charge in [0.25, 0.3) is 0 Å². The van der Waals surface area contributed by atoms with Gasteiger partial charge in [0.15, 0.2) is 0 Å². The minimum Gasteiger partial charge on any atom is -0.316 e. The van der Waals surface area contributed by atoms with Crippen LogP contribution in [0.25, 0.3) is 0 Å². The van der Waals surface area contributed by atoms with Gasteiger partial charge in [-0.15, -0.1) is 0 Å².